The van der Waals surface area contributed by atoms with Gasteiger partial charge >= 0.3 is 0 Å². The summed E-state index contributed by atoms with van der Waals surface area (Å²) in [5.74, 6) is 0.722. The molecule has 0 N–H and O–H groups in total. The van der Waals surface area contributed by atoms with Crippen LogP contribution in [0.15, 0.2) is 54.6 Å². The first kappa shape index (κ1) is 12.9. The molecule has 0 fully saturated rings. The van der Waals surface area contributed by atoms with Crippen molar-refractivity contribution in [3.05, 3.63) is 60.2 Å². The van der Waals surface area contributed by atoms with E-state index in [1.165, 1.54) is 36.0 Å². The van der Waals surface area contributed by atoms with E-state index in [0.29, 0.717) is 0 Å². The summed E-state index contributed by atoms with van der Waals surface area (Å²) in [6.45, 7) is 4.55. The fraction of sp³-hybridized carbons (Fsp3) is 0.333. The molecule has 0 radical (unpaired) electrons. The fourth-order valence-electron chi connectivity index (χ4n) is 2.53. The van der Waals surface area contributed by atoms with Crippen LogP contribution in [0.25, 0.3) is 11.1 Å². The van der Waals surface area contributed by atoms with Gasteiger partial charge in [-0.1, -0.05) is 74.9 Å². The first-order chi connectivity index (χ1) is 8.85. The number of benzene rings is 2. The maximum Gasteiger partial charge on any atom is -0.0165 e. The van der Waals surface area contributed by atoms with E-state index in [4.69, 9.17) is 0 Å². The van der Waals surface area contributed by atoms with Gasteiger partial charge in [0, 0.05) is 0 Å². The summed E-state index contributed by atoms with van der Waals surface area (Å²) in [5, 5.41) is 0. The second-order valence-electron chi connectivity index (χ2n) is 4.88. The molecular formula is C18H22. The smallest absolute Gasteiger partial charge is 0.0165 e. The summed E-state index contributed by atoms with van der Waals surface area (Å²) in [6.07, 6.45) is 3.79. The Kier molecular flexibility index (Phi) is 4.58. The van der Waals surface area contributed by atoms with E-state index in [0.717, 1.165) is 5.92 Å². The molecule has 0 bridgehead atoms. The van der Waals surface area contributed by atoms with Crippen LogP contribution >= 0.6 is 0 Å². The molecule has 2 aromatic carbocycles. The molecule has 1 unspecified atom stereocenters. The Hall–Kier alpha value is -1.56. The number of hydrogen-bond acceptors (Lipinski definition) is 0. The van der Waals surface area contributed by atoms with Crippen LogP contribution in [0.4, 0.5) is 0 Å². The largest absolute Gasteiger partial charge is 0.0654 e. The van der Waals surface area contributed by atoms with Gasteiger partial charge in [-0.25, -0.2) is 0 Å². The molecule has 0 heterocycles. The minimum atomic E-state index is 0.722. The van der Waals surface area contributed by atoms with Crippen LogP contribution in [0.2, 0.25) is 0 Å². The van der Waals surface area contributed by atoms with Crippen molar-refractivity contribution in [2.45, 2.75) is 39.0 Å². The maximum absolute atomic E-state index is 2.30. The van der Waals surface area contributed by atoms with Crippen molar-refractivity contribution in [1.82, 2.24) is 0 Å². The van der Waals surface area contributed by atoms with Gasteiger partial charge in [0.05, 0.1) is 0 Å². The molecule has 2 aromatic rings. The Balaban J connectivity index is 2.19. The Morgan fingerprint density at radius 2 is 1.39 bits per heavy atom. The van der Waals surface area contributed by atoms with E-state index in [9.17, 15) is 0 Å². The van der Waals surface area contributed by atoms with Gasteiger partial charge < -0.3 is 0 Å². The molecule has 0 amide bonds. The molecule has 2 rings (SSSR count). The van der Waals surface area contributed by atoms with Gasteiger partial charge in [-0.2, -0.15) is 0 Å². The molecule has 0 aliphatic carbocycles. The van der Waals surface area contributed by atoms with Crippen LogP contribution in [0, 0.1) is 0 Å². The molecule has 0 spiro atoms. The molecule has 1 atom stereocenters. The highest BCUT2D eigenvalue weighted by Gasteiger charge is 2.08. The summed E-state index contributed by atoms with van der Waals surface area (Å²) in [7, 11) is 0. The molecule has 0 saturated heterocycles. The van der Waals surface area contributed by atoms with Crippen molar-refractivity contribution in [3.8, 4) is 11.1 Å². The van der Waals surface area contributed by atoms with Crippen molar-refractivity contribution in [1.29, 1.82) is 0 Å². The lowest BCUT2D eigenvalue weighted by Gasteiger charge is -2.14. The molecule has 0 nitrogen and oxygen atoms in total. The standard InChI is InChI=1S/C18H22/c1-3-8-15(4-2)17-11-13-18(14-12-17)16-9-6-5-7-10-16/h5-7,9-15H,3-4,8H2,1-2H3. The second kappa shape index (κ2) is 6.39. The van der Waals surface area contributed by atoms with Crippen LogP contribution < -0.4 is 0 Å². The second-order valence-corrected chi connectivity index (χ2v) is 4.88. The Bertz CT molecular complexity index is 453. The third-order valence-corrected chi connectivity index (χ3v) is 3.62. The monoisotopic (exact) mass is 238 g/mol. The fourth-order valence-corrected chi connectivity index (χ4v) is 2.53. The summed E-state index contributed by atoms with van der Waals surface area (Å²) in [4.78, 5) is 0. The SMILES string of the molecule is CCCC(CC)c1ccc(-c2ccccc2)cc1. The van der Waals surface area contributed by atoms with E-state index in [2.05, 4.69) is 68.4 Å². The molecule has 0 heteroatoms. The molecule has 0 aliphatic heterocycles. The first-order valence-electron chi connectivity index (χ1n) is 7.00. The minimum Gasteiger partial charge on any atom is -0.0654 e. The molecule has 0 aromatic heterocycles. The summed E-state index contributed by atoms with van der Waals surface area (Å²) in [6, 6.07) is 19.7. The van der Waals surface area contributed by atoms with Crippen LogP contribution in [0.3, 0.4) is 0 Å². The van der Waals surface area contributed by atoms with Crippen LogP contribution in [0.1, 0.15) is 44.6 Å². The predicted octanol–water partition coefficient (Wildman–Crippen LogP) is 5.65. The van der Waals surface area contributed by atoms with Crippen molar-refractivity contribution in [2.24, 2.45) is 0 Å². The quantitative estimate of drug-likeness (QED) is 0.631. The van der Waals surface area contributed by atoms with Gasteiger partial charge in [0.15, 0.2) is 0 Å². The van der Waals surface area contributed by atoms with Crippen LogP contribution in [-0.2, 0) is 0 Å². The number of rotatable bonds is 5. The summed E-state index contributed by atoms with van der Waals surface area (Å²) in [5.41, 5.74) is 4.09. The molecule has 18 heavy (non-hydrogen) atoms. The van der Waals surface area contributed by atoms with Gasteiger partial charge in [-0.05, 0) is 35.4 Å². The van der Waals surface area contributed by atoms with Crippen LogP contribution in [-0.4, -0.2) is 0 Å². The normalized spacial score (nSPS) is 12.3. The lowest BCUT2D eigenvalue weighted by Crippen LogP contribution is -1.96. The Morgan fingerprint density at radius 1 is 0.778 bits per heavy atom. The van der Waals surface area contributed by atoms with E-state index in [1.54, 1.807) is 0 Å². The zero-order chi connectivity index (χ0) is 12.8. The average molecular weight is 238 g/mol. The van der Waals surface area contributed by atoms with Crippen molar-refractivity contribution in [3.63, 3.8) is 0 Å². The van der Waals surface area contributed by atoms with Crippen molar-refractivity contribution >= 4 is 0 Å². The van der Waals surface area contributed by atoms with Gasteiger partial charge in [-0.15, -0.1) is 0 Å². The first-order valence-corrected chi connectivity index (χ1v) is 7.00. The third kappa shape index (κ3) is 3.01. The highest BCUT2D eigenvalue weighted by molar-refractivity contribution is 5.63. The van der Waals surface area contributed by atoms with E-state index in [1.807, 2.05) is 0 Å². The minimum absolute atomic E-state index is 0.722. The Labute approximate surface area is 111 Å². The molecule has 94 valence electrons. The van der Waals surface area contributed by atoms with E-state index < -0.39 is 0 Å². The predicted molar refractivity (Wildman–Crippen MR) is 79.8 cm³/mol. The summed E-state index contributed by atoms with van der Waals surface area (Å²) >= 11 is 0. The van der Waals surface area contributed by atoms with Gasteiger partial charge in [0.2, 0.25) is 0 Å². The maximum atomic E-state index is 2.30. The lowest BCUT2D eigenvalue weighted by atomic mass is 9.91. The number of hydrogen-bond donors (Lipinski definition) is 0. The van der Waals surface area contributed by atoms with E-state index in [-0.39, 0.29) is 0 Å². The third-order valence-electron chi connectivity index (χ3n) is 3.62. The Morgan fingerprint density at radius 3 is 1.94 bits per heavy atom. The van der Waals surface area contributed by atoms with Crippen molar-refractivity contribution in [2.75, 3.05) is 0 Å². The highest BCUT2D eigenvalue weighted by atomic mass is 14.1. The zero-order valence-corrected chi connectivity index (χ0v) is 11.4. The molecule has 0 aliphatic rings. The zero-order valence-electron chi connectivity index (χ0n) is 11.4. The molecular weight excluding hydrogens is 216 g/mol. The molecule has 0 saturated carbocycles. The highest BCUT2D eigenvalue weighted by Crippen LogP contribution is 2.27. The van der Waals surface area contributed by atoms with Gasteiger partial charge in [0.25, 0.3) is 0 Å². The lowest BCUT2D eigenvalue weighted by molar-refractivity contribution is 0.596. The van der Waals surface area contributed by atoms with E-state index >= 15 is 0 Å². The van der Waals surface area contributed by atoms with Gasteiger partial charge in [0.1, 0.15) is 0 Å². The average Bonchev–Trinajstić information content (AvgIpc) is 2.46. The van der Waals surface area contributed by atoms with Gasteiger partial charge in [-0.3, -0.25) is 0 Å². The summed E-state index contributed by atoms with van der Waals surface area (Å²) < 4.78 is 0. The van der Waals surface area contributed by atoms with Crippen molar-refractivity contribution < 1.29 is 0 Å². The topological polar surface area (TPSA) is 0 Å². The van der Waals surface area contributed by atoms with Crippen LogP contribution in [0.5, 0.6) is 0 Å².